The molecule has 1 fully saturated rings. The van der Waals surface area contributed by atoms with Gasteiger partial charge in [0.2, 0.25) is 4.77 Å². The fourth-order valence-corrected chi connectivity index (χ4v) is 5.07. The highest BCUT2D eigenvalue weighted by atomic mass is 32.1. The third-order valence-electron chi connectivity index (χ3n) is 4.98. The normalized spacial score (nSPS) is 20.2. The Hall–Kier alpha value is -1.76. The zero-order valence-electron chi connectivity index (χ0n) is 14.6. The molecule has 2 aromatic heterocycles. The van der Waals surface area contributed by atoms with Crippen molar-refractivity contribution in [1.82, 2.24) is 14.3 Å². The van der Waals surface area contributed by atoms with Crippen LogP contribution >= 0.6 is 23.6 Å². The number of nitrogens with one attached hydrogen (secondary N) is 1. The van der Waals surface area contributed by atoms with Crippen molar-refractivity contribution in [3.8, 4) is 5.69 Å². The van der Waals surface area contributed by atoms with Gasteiger partial charge >= 0.3 is 0 Å². The Kier molecular flexibility index (Phi) is 4.58. The molecule has 3 aromatic rings. The van der Waals surface area contributed by atoms with Gasteiger partial charge in [-0.25, -0.2) is 0 Å². The van der Waals surface area contributed by atoms with E-state index < -0.39 is 0 Å². The molecule has 0 spiro atoms. The Labute approximate surface area is 157 Å². The Morgan fingerprint density at radius 1 is 1.28 bits per heavy atom. The predicted octanol–water partition coefficient (Wildman–Crippen LogP) is 3.46. The van der Waals surface area contributed by atoms with Crippen molar-refractivity contribution in [1.29, 1.82) is 0 Å². The first-order chi connectivity index (χ1) is 12.1. The number of quaternary nitrogens is 1. The summed E-state index contributed by atoms with van der Waals surface area (Å²) in [6, 6.07) is 13.4. The summed E-state index contributed by atoms with van der Waals surface area (Å²) < 4.78 is 4.87. The second-order valence-electron chi connectivity index (χ2n) is 6.78. The maximum absolute atomic E-state index is 5.76. The predicted molar refractivity (Wildman–Crippen MR) is 104 cm³/mol. The summed E-state index contributed by atoms with van der Waals surface area (Å²) >= 11 is 7.63. The van der Waals surface area contributed by atoms with Gasteiger partial charge in [-0.2, -0.15) is 9.78 Å². The first kappa shape index (κ1) is 16.7. The standard InChI is InChI=1S/C19H22N4S2/c1-14-6-3-7-16(12-14)23-15(2)20-22(19(23)24)13-21-10-4-8-17(21)18-9-5-11-25-18/h3,5-7,9,11-12,17H,4,8,10,13H2,1-2H3/p+1/t17-/m1/s1. The molecule has 0 radical (unpaired) electrons. The highest BCUT2D eigenvalue weighted by Gasteiger charge is 2.31. The lowest BCUT2D eigenvalue weighted by Gasteiger charge is -2.20. The third kappa shape index (κ3) is 3.21. The van der Waals surface area contributed by atoms with E-state index in [0.29, 0.717) is 6.04 Å². The SMILES string of the molecule is Cc1cccc(-n2c(C)nn(C[NH+]3CCC[C@@H]3c3cccs3)c2=S)c1. The molecule has 6 heteroatoms. The van der Waals surface area contributed by atoms with E-state index in [9.17, 15) is 0 Å². The van der Waals surface area contributed by atoms with E-state index in [1.165, 1.54) is 29.8 Å². The monoisotopic (exact) mass is 371 g/mol. The van der Waals surface area contributed by atoms with Crippen LogP contribution in [0.15, 0.2) is 41.8 Å². The molecule has 1 aliphatic rings. The Balaban J connectivity index is 1.64. The van der Waals surface area contributed by atoms with E-state index in [1.807, 2.05) is 22.9 Å². The van der Waals surface area contributed by atoms with Crippen LogP contribution in [-0.4, -0.2) is 20.9 Å². The van der Waals surface area contributed by atoms with Crippen LogP contribution in [0.1, 0.15) is 35.1 Å². The van der Waals surface area contributed by atoms with Crippen LogP contribution in [-0.2, 0) is 6.67 Å². The quantitative estimate of drug-likeness (QED) is 0.711. The van der Waals surface area contributed by atoms with Gasteiger partial charge in [0.1, 0.15) is 11.9 Å². The van der Waals surface area contributed by atoms with E-state index in [1.54, 1.807) is 4.90 Å². The van der Waals surface area contributed by atoms with Gasteiger partial charge in [0.25, 0.3) is 0 Å². The number of benzene rings is 1. The van der Waals surface area contributed by atoms with Gasteiger partial charge in [-0.05, 0) is 55.2 Å². The van der Waals surface area contributed by atoms with Crippen LogP contribution in [0.5, 0.6) is 0 Å². The highest BCUT2D eigenvalue weighted by molar-refractivity contribution is 7.71. The molecular weight excluding hydrogens is 348 g/mol. The molecule has 4 nitrogen and oxygen atoms in total. The molecule has 0 aliphatic carbocycles. The zero-order chi connectivity index (χ0) is 17.4. The van der Waals surface area contributed by atoms with Crippen LogP contribution in [0, 0.1) is 18.6 Å². The number of thiophene rings is 1. The third-order valence-corrected chi connectivity index (χ3v) is 6.36. The van der Waals surface area contributed by atoms with Gasteiger partial charge in [-0.1, -0.05) is 18.2 Å². The first-order valence-electron chi connectivity index (χ1n) is 8.75. The number of rotatable bonds is 4. The summed E-state index contributed by atoms with van der Waals surface area (Å²) in [5, 5.41) is 6.93. The number of nitrogens with zero attached hydrogens (tertiary/aromatic N) is 3. The average molecular weight is 372 g/mol. The second kappa shape index (κ2) is 6.86. The molecule has 2 atom stereocenters. The van der Waals surface area contributed by atoms with E-state index in [4.69, 9.17) is 17.3 Å². The highest BCUT2D eigenvalue weighted by Crippen LogP contribution is 2.23. The Bertz CT molecular complexity index is 923. The lowest BCUT2D eigenvalue weighted by Crippen LogP contribution is -3.09. The van der Waals surface area contributed by atoms with Crippen molar-refractivity contribution in [2.75, 3.05) is 6.54 Å². The average Bonchev–Trinajstić information content (AvgIpc) is 3.29. The first-order valence-corrected chi connectivity index (χ1v) is 10.0. The van der Waals surface area contributed by atoms with Gasteiger partial charge in [-0.15, -0.1) is 11.3 Å². The van der Waals surface area contributed by atoms with E-state index in [-0.39, 0.29) is 0 Å². The molecule has 0 amide bonds. The molecule has 1 unspecified atom stereocenters. The summed E-state index contributed by atoms with van der Waals surface area (Å²) in [6.45, 7) is 6.15. The molecule has 1 saturated heterocycles. The van der Waals surface area contributed by atoms with E-state index >= 15 is 0 Å². The van der Waals surface area contributed by atoms with Gasteiger partial charge in [0.05, 0.1) is 11.4 Å². The number of hydrogen-bond acceptors (Lipinski definition) is 3. The Morgan fingerprint density at radius 2 is 2.16 bits per heavy atom. The molecule has 4 rings (SSSR count). The van der Waals surface area contributed by atoms with Gasteiger partial charge in [-0.3, -0.25) is 4.57 Å². The molecule has 0 bridgehead atoms. The van der Waals surface area contributed by atoms with Crippen LogP contribution in [0.3, 0.4) is 0 Å². The minimum Gasteiger partial charge on any atom is -0.309 e. The van der Waals surface area contributed by atoms with Gasteiger partial charge < -0.3 is 4.90 Å². The summed E-state index contributed by atoms with van der Waals surface area (Å²) in [4.78, 5) is 3.04. The number of likely N-dealkylation sites (tertiary alicyclic amines) is 1. The van der Waals surface area contributed by atoms with Crippen molar-refractivity contribution in [2.24, 2.45) is 0 Å². The minimum atomic E-state index is 0.575. The topological polar surface area (TPSA) is 27.2 Å². The number of aryl methyl sites for hydroxylation is 2. The summed E-state index contributed by atoms with van der Waals surface area (Å²) in [6.07, 6.45) is 2.52. The van der Waals surface area contributed by atoms with Gasteiger partial charge in [0, 0.05) is 18.5 Å². The van der Waals surface area contributed by atoms with E-state index in [2.05, 4.69) is 53.3 Å². The van der Waals surface area contributed by atoms with Gasteiger partial charge in [0.15, 0.2) is 6.67 Å². The number of hydrogen-bond donors (Lipinski definition) is 1. The van der Waals surface area contributed by atoms with Crippen LogP contribution < -0.4 is 4.90 Å². The molecule has 1 aliphatic heterocycles. The smallest absolute Gasteiger partial charge is 0.207 e. The molecule has 1 aromatic carbocycles. The summed E-state index contributed by atoms with van der Waals surface area (Å²) in [5.41, 5.74) is 2.33. The molecule has 25 heavy (non-hydrogen) atoms. The van der Waals surface area contributed by atoms with E-state index in [0.717, 1.165) is 23.0 Å². The second-order valence-corrected chi connectivity index (χ2v) is 8.12. The largest absolute Gasteiger partial charge is 0.309 e. The molecule has 1 N–H and O–H groups in total. The maximum Gasteiger partial charge on any atom is 0.207 e. The molecular formula is C19H23N4S2+. The van der Waals surface area contributed by atoms with Crippen LogP contribution in [0.2, 0.25) is 0 Å². The molecule has 3 heterocycles. The lowest BCUT2D eigenvalue weighted by molar-refractivity contribution is -0.941. The van der Waals surface area contributed by atoms with Crippen LogP contribution in [0.4, 0.5) is 0 Å². The fourth-order valence-electron chi connectivity index (χ4n) is 3.81. The lowest BCUT2D eigenvalue weighted by atomic mass is 10.2. The summed E-state index contributed by atoms with van der Waals surface area (Å²) in [7, 11) is 0. The van der Waals surface area contributed by atoms with Crippen molar-refractivity contribution < 1.29 is 4.90 Å². The van der Waals surface area contributed by atoms with Crippen LogP contribution in [0.25, 0.3) is 5.69 Å². The zero-order valence-corrected chi connectivity index (χ0v) is 16.2. The minimum absolute atomic E-state index is 0.575. The fraction of sp³-hybridized carbons (Fsp3) is 0.368. The molecule has 130 valence electrons. The Morgan fingerprint density at radius 3 is 2.92 bits per heavy atom. The van der Waals surface area contributed by atoms with Crippen molar-refractivity contribution >= 4 is 23.6 Å². The number of aromatic nitrogens is 3. The molecule has 0 saturated carbocycles. The van der Waals surface area contributed by atoms with Crippen molar-refractivity contribution in [3.05, 3.63) is 62.8 Å². The van der Waals surface area contributed by atoms with Crippen molar-refractivity contribution in [3.63, 3.8) is 0 Å². The maximum atomic E-state index is 5.76. The van der Waals surface area contributed by atoms with Crippen molar-refractivity contribution in [2.45, 2.75) is 39.4 Å². The summed E-state index contributed by atoms with van der Waals surface area (Å²) in [5.74, 6) is 0.946.